The number of hydrogen-bond donors (Lipinski definition) is 2. The number of nitrogens with one attached hydrogen (secondary N) is 2. The number of piperidine rings is 1. The first kappa shape index (κ1) is 27.7. The van der Waals surface area contributed by atoms with Crippen molar-refractivity contribution in [3.05, 3.63) is 65.2 Å². The zero-order valence-corrected chi connectivity index (χ0v) is 22.9. The maximum Gasteiger partial charge on any atom is 0.245 e. The Balaban J connectivity index is 1.57. The van der Waals surface area contributed by atoms with Crippen molar-refractivity contribution in [1.29, 1.82) is 0 Å². The molecule has 2 aromatic carbocycles. The minimum atomic E-state index is -1.13. The van der Waals surface area contributed by atoms with E-state index in [0.29, 0.717) is 38.5 Å². The molecular formula is C31H41N3O4. The highest BCUT2D eigenvalue weighted by molar-refractivity contribution is 5.92. The molecule has 0 saturated carbocycles. The topological polar surface area (TPSA) is 87.7 Å². The van der Waals surface area contributed by atoms with Gasteiger partial charge in [0.05, 0.1) is 6.61 Å². The normalized spacial score (nSPS) is 25.4. The van der Waals surface area contributed by atoms with Crippen LogP contribution in [-0.2, 0) is 27.3 Å². The fourth-order valence-corrected chi connectivity index (χ4v) is 5.45. The lowest BCUT2D eigenvalue weighted by Crippen LogP contribution is -2.57. The monoisotopic (exact) mass is 519 g/mol. The minimum absolute atomic E-state index is 0.00509. The number of carbonyl (C=O) groups excluding carboxylic acids is 3. The average Bonchev–Trinajstić information content (AvgIpc) is 2.91. The highest BCUT2D eigenvalue weighted by Gasteiger charge is 2.36. The van der Waals surface area contributed by atoms with E-state index in [2.05, 4.69) is 10.6 Å². The zero-order valence-electron chi connectivity index (χ0n) is 22.9. The Labute approximate surface area is 226 Å². The van der Waals surface area contributed by atoms with E-state index < -0.39 is 11.5 Å². The van der Waals surface area contributed by atoms with Gasteiger partial charge in [-0.15, -0.1) is 0 Å². The third kappa shape index (κ3) is 7.15. The van der Waals surface area contributed by atoms with Crippen LogP contribution in [0, 0.1) is 18.8 Å². The Bertz CT molecular complexity index is 1140. The van der Waals surface area contributed by atoms with E-state index in [0.717, 1.165) is 48.2 Å². The SMILES string of the molecule is Cc1ccc2cc1CNC(=O)[C@@](C)(CCc1ccccc1)NC(=O)CC(C)C(=O)N1CCCC(CCO2)C1. The second-order valence-electron chi connectivity index (χ2n) is 11.2. The molecule has 3 atom stereocenters. The molecule has 2 aliphatic heterocycles. The molecule has 0 spiro atoms. The maximum absolute atomic E-state index is 13.6. The van der Waals surface area contributed by atoms with Crippen molar-refractivity contribution >= 4 is 17.7 Å². The van der Waals surface area contributed by atoms with Gasteiger partial charge in [0, 0.05) is 32.0 Å². The van der Waals surface area contributed by atoms with Gasteiger partial charge in [0.25, 0.3) is 0 Å². The summed E-state index contributed by atoms with van der Waals surface area (Å²) in [6.45, 7) is 7.94. The Morgan fingerprint density at radius 2 is 1.87 bits per heavy atom. The van der Waals surface area contributed by atoms with Crippen molar-refractivity contribution in [3.8, 4) is 5.75 Å². The summed E-state index contributed by atoms with van der Waals surface area (Å²) in [4.78, 5) is 41.9. The second-order valence-corrected chi connectivity index (χ2v) is 11.2. The Morgan fingerprint density at radius 3 is 2.66 bits per heavy atom. The van der Waals surface area contributed by atoms with Gasteiger partial charge in [-0.3, -0.25) is 14.4 Å². The summed E-state index contributed by atoms with van der Waals surface area (Å²) >= 11 is 0. The summed E-state index contributed by atoms with van der Waals surface area (Å²) in [5.74, 6) is 0.194. The van der Waals surface area contributed by atoms with E-state index in [1.807, 2.05) is 67.3 Å². The molecule has 2 N–H and O–H groups in total. The van der Waals surface area contributed by atoms with Crippen molar-refractivity contribution in [1.82, 2.24) is 15.5 Å². The summed E-state index contributed by atoms with van der Waals surface area (Å²) in [5.41, 5.74) is 2.02. The lowest BCUT2D eigenvalue weighted by atomic mass is 9.90. The molecule has 7 nitrogen and oxygen atoms in total. The molecule has 0 aromatic heterocycles. The van der Waals surface area contributed by atoms with E-state index in [9.17, 15) is 14.4 Å². The van der Waals surface area contributed by atoms with Crippen LogP contribution in [-0.4, -0.2) is 47.9 Å². The number of aryl methyl sites for hydroxylation is 2. The van der Waals surface area contributed by atoms with Gasteiger partial charge in [0.2, 0.25) is 17.7 Å². The Hall–Kier alpha value is -3.35. The van der Waals surface area contributed by atoms with Crippen LogP contribution in [0.15, 0.2) is 48.5 Å². The molecule has 1 saturated heterocycles. The maximum atomic E-state index is 13.6. The van der Waals surface area contributed by atoms with E-state index in [-0.39, 0.29) is 24.1 Å². The molecule has 2 aromatic rings. The van der Waals surface area contributed by atoms with Gasteiger partial charge in [0.1, 0.15) is 11.3 Å². The van der Waals surface area contributed by atoms with Gasteiger partial charge in [-0.25, -0.2) is 0 Å². The number of benzene rings is 2. The van der Waals surface area contributed by atoms with Crippen LogP contribution in [0.5, 0.6) is 5.75 Å². The number of amides is 3. The molecular weight excluding hydrogens is 478 g/mol. The molecule has 38 heavy (non-hydrogen) atoms. The summed E-state index contributed by atoms with van der Waals surface area (Å²) in [6.07, 6.45) is 4.04. The van der Waals surface area contributed by atoms with Crippen molar-refractivity contribution in [2.24, 2.45) is 11.8 Å². The van der Waals surface area contributed by atoms with E-state index in [1.165, 1.54) is 0 Å². The van der Waals surface area contributed by atoms with Crippen molar-refractivity contribution < 1.29 is 19.1 Å². The van der Waals surface area contributed by atoms with Crippen molar-refractivity contribution in [3.63, 3.8) is 0 Å². The largest absolute Gasteiger partial charge is 0.494 e. The number of carbonyl (C=O) groups is 3. The lowest BCUT2D eigenvalue weighted by molar-refractivity contribution is -0.140. The molecule has 4 bridgehead atoms. The summed E-state index contributed by atoms with van der Waals surface area (Å²) in [6, 6.07) is 15.9. The van der Waals surface area contributed by atoms with Crippen LogP contribution in [0.1, 0.15) is 62.6 Å². The first-order valence-corrected chi connectivity index (χ1v) is 13.9. The number of fused-ring (bicyclic) bond motifs is 4. The fraction of sp³-hybridized carbons (Fsp3) is 0.516. The number of nitrogens with zero attached hydrogens (tertiary/aromatic N) is 1. The third-order valence-corrected chi connectivity index (χ3v) is 7.97. The highest BCUT2D eigenvalue weighted by atomic mass is 16.5. The summed E-state index contributed by atoms with van der Waals surface area (Å²) < 4.78 is 6.08. The van der Waals surface area contributed by atoms with Crippen LogP contribution in [0.25, 0.3) is 0 Å². The average molecular weight is 520 g/mol. The number of hydrogen-bond acceptors (Lipinski definition) is 4. The molecule has 2 aliphatic rings. The number of rotatable bonds is 3. The molecule has 2 heterocycles. The summed E-state index contributed by atoms with van der Waals surface area (Å²) in [5, 5.41) is 6.05. The van der Waals surface area contributed by atoms with E-state index in [1.54, 1.807) is 6.92 Å². The van der Waals surface area contributed by atoms with Crippen LogP contribution < -0.4 is 15.4 Å². The van der Waals surface area contributed by atoms with Crippen molar-refractivity contribution in [2.75, 3.05) is 19.7 Å². The summed E-state index contributed by atoms with van der Waals surface area (Å²) in [7, 11) is 0. The predicted molar refractivity (Wildman–Crippen MR) is 148 cm³/mol. The first-order chi connectivity index (χ1) is 18.2. The predicted octanol–water partition coefficient (Wildman–Crippen LogP) is 4.17. The van der Waals surface area contributed by atoms with E-state index >= 15 is 0 Å². The van der Waals surface area contributed by atoms with Crippen LogP contribution in [0.2, 0.25) is 0 Å². The van der Waals surface area contributed by atoms with E-state index in [4.69, 9.17) is 4.74 Å². The molecule has 4 rings (SSSR count). The minimum Gasteiger partial charge on any atom is -0.494 e. The number of ether oxygens (including phenoxy) is 1. The highest BCUT2D eigenvalue weighted by Crippen LogP contribution is 2.24. The lowest BCUT2D eigenvalue weighted by Gasteiger charge is -2.35. The smallest absolute Gasteiger partial charge is 0.245 e. The van der Waals surface area contributed by atoms with Gasteiger partial charge in [-0.1, -0.05) is 43.3 Å². The zero-order chi connectivity index (χ0) is 27.1. The van der Waals surface area contributed by atoms with Gasteiger partial charge < -0.3 is 20.3 Å². The van der Waals surface area contributed by atoms with Gasteiger partial charge in [0.15, 0.2) is 0 Å². The molecule has 204 valence electrons. The molecule has 1 fully saturated rings. The molecule has 0 radical (unpaired) electrons. The van der Waals surface area contributed by atoms with Crippen molar-refractivity contribution in [2.45, 2.75) is 71.4 Å². The fourth-order valence-electron chi connectivity index (χ4n) is 5.45. The van der Waals surface area contributed by atoms with Crippen LogP contribution in [0.3, 0.4) is 0 Å². The molecule has 0 aliphatic carbocycles. The second kappa shape index (κ2) is 12.5. The molecule has 2 unspecified atom stereocenters. The third-order valence-electron chi connectivity index (χ3n) is 7.97. The molecule has 7 heteroatoms. The van der Waals surface area contributed by atoms with Gasteiger partial charge in [-0.2, -0.15) is 0 Å². The first-order valence-electron chi connectivity index (χ1n) is 13.9. The Morgan fingerprint density at radius 1 is 1.08 bits per heavy atom. The molecule has 3 amide bonds. The standard InChI is InChI=1S/C31H41N3O4/c1-22-11-12-27-19-26(22)20-32-30(37)31(3,15-13-24-8-5-4-6-9-24)33-28(35)18-23(2)29(36)34-16-7-10-25(21-34)14-17-38-27/h4-6,8-9,11-12,19,23,25H,7,10,13-18,20-21H2,1-3H3,(H,32,37)(H,33,35)/t23?,25?,31-/m1/s1. The van der Waals surface area contributed by atoms with Gasteiger partial charge >= 0.3 is 0 Å². The quantitative estimate of drug-likeness (QED) is 0.637. The van der Waals surface area contributed by atoms with Gasteiger partial charge in [-0.05, 0) is 80.7 Å². The Kier molecular flexibility index (Phi) is 9.08. The van der Waals surface area contributed by atoms with Crippen LogP contribution >= 0.6 is 0 Å². The van der Waals surface area contributed by atoms with Crippen LogP contribution in [0.4, 0.5) is 0 Å².